The van der Waals surface area contributed by atoms with Crippen LogP contribution in [0.3, 0.4) is 0 Å². The molecule has 332 valence electrons. The number of methoxy groups -OCH3 is 1. The maximum absolute atomic E-state index is 13.2. The highest BCUT2D eigenvalue weighted by Crippen LogP contribution is 2.43. The summed E-state index contributed by atoms with van der Waals surface area (Å²) >= 11 is 8.30. The number of hydrogen-bond donors (Lipinski definition) is 5. The van der Waals surface area contributed by atoms with E-state index in [1.165, 1.54) is 17.4 Å². The van der Waals surface area contributed by atoms with Gasteiger partial charge in [-0.2, -0.15) is 0 Å². The van der Waals surface area contributed by atoms with Crippen LogP contribution in [0.5, 0.6) is 11.5 Å². The second kappa shape index (κ2) is 19.7. The van der Waals surface area contributed by atoms with Crippen molar-refractivity contribution in [1.82, 2.24) is 15.2 Å². The van der Waals surface area contributed by atoms with E-state index in [1.54, 1.807) is 31.4 Å². The summed E-state index contributed by atoms with van der Waals surface area (Å²) in [5, 5.41) is 22.9. The Morgan fingerprint density at radius 1 is 0.968 bits per heavy atom. The van der Waals surface area contributed by atoms with E-state index in [1.807, 2.05) is 48.5 Å². The van der Waals surface area contributed by atoms with Crippen molar-refractivity contribution in [2.45, 2.75) is 76.9 Å². The number of nitrogens with zero attached hydrogens (tertiary/aromatic N) is 1. The number of nitrogens with one attached hydrogen (secondary N) is 4. The molecule has 0 saturated carbocycles. The van der Waals surface area contributed by atoms with Gasteiger partial charge in [0.1, 0.15) is 22.6 Å². The summed E-state index contributed by atoms with van der Waals surface area (Å²) in [6.07, 6.45) is 0.510. The highest BCUT2D eigenvalue weighted by molar-refractivity contribution is 7.23. The summed E-state index contributed by atoms with van der Waals surface area (Å²) in [7, 11) is -0.703. The average molecular weight is 911 g/mol. The average Bonchev–Trinajstić information content (AvgIpc) is 3.61. The molecular formula is C48H56ClN5O7SSi. The monoisotopic (exact) mass is 909 g/mol. The van der Waals surface area contributed by atoms with Gasteiger partial charge in [-0.25, -0.2) is 4.79 Å². The molecule has 12 nitrogen and oxygen atoms in total. The lowest BCUT2D eigenvalue weighted by Crippen LogP contribution is -2.43. The van der Waals surface area contributed by atoms with E-state index in [0.717, 1.165) is 37.3 Å². The standard InChI is InChI=1S/C48H56ClN5O7SSi/c1-48(2,3)63(5,6)61-40(33-16-18-38(55)45-34(33)17-19-42(56)52-45)29-50-28-31-26-36(49)37(27-39(31)59-4)51-43(57)22-25-54-23-20-32(21-24-54)60-47(58)53-46-44(30-12-8-7-9-13-30)35-14-10-11-15-41(35)62-46/h7-19,26-27,32,40,50,55H,20-25,28-29H2,1-6H3,(H,51,57)(H,52,56)(H,53,58)/t40-/m0/s1. The number of likely N-dealkylation sites (tertiary alicyclic amines) is 1. The molecule has 1 fully saturated rings. The van der Waals surface area contributed by atoms with Gasteiger partial charge in [0.2, 0.25) is 11.5 Å². The Labute approximate surface area is 378 Å². The van der Waals surface area contributed by atoms with E-state index in [-0.39, 0.29) is 34.8 Å². The molecule has 15 heteroatoms. The number of carbonyl (C=O) groups is 2. The number of phenols is 1. The molecule has 4 aromatic carbocycles. The number of carbonyl (C=O) groups excluding carboxylic acids is 2. The van der Waals surface area contributed by atoms with Crippen molar-refractivity contribution in [3.05, 3.63) is 117 Å². The van der Waals surface area contributed by atoms with Gasteiger partial charge in [-0.3, -0.25) is 14.9 Å². The molecule has 0 bridgehead atoms. The third kappa shape index (κ3) is 10.9. The van der Waals surface area contributed by atoms with E-state index in [4.69, 9.17) is 25.5 Å². The van der Waals surface area contributed by atoms with E-state index in [0.29, 0.717) is 72.9 Å². The highest BCUT2D eigenvalue weighted by Gasteiger charge is 2.40. The molecule has 7 rings (SSSR count). The topological polar surface area (TPSA) is 154 Å². The molecule has 5 N–H and O–H groups in total. The van der Waals surface area contributed by atoms with Crippen LogP contribution in [0.15, 0.2) is 95.8 Å². The predicted molar refractivity (Wildman–Crippen MR) is 257 cm³/mol. The lowest BCUT2D eigenvalue weighted by molar-refractivity contribution is -0.116. The van der Waals surface area contributed by atoms with Gasteiger partial charge in [-0.05, 0) is 66.4 Å². The number of ether oxygens (including phenoxy) is 2. The summed E-state index contributed by atoms with van der Waals surface area (Å²) in [5.41, 5.74) is 4.19. The number of fused-ring (bicyclic) bond motifs is 2. The quantitative estimate of drug-likeness (QED) is 0.0634. The fourth-order valence-electron chi connectivity index (χ4n) is 7.67. The summed E-state index contributed by atoms with van der Waals surface area (Å²) in [5.74, 6) is 0.382. The van der Waals surface area contributed by atoms with Gasteiger partial charge in [-0.15, -0.1) is 11.3 Å². The largest absolute Gasteiger partial charge is 0.506 e. The molecule has 63 heavy (non-hydrogen) atoms. The number of aromatic hydroxyl groups is 1. The number of H-pyrrole nitrogens is 1. The number of halogens is 1. The Kier molecular flexibility index (Phi) is 14.3. The molecule has 2 aromatic heterocycles. The smallest absolute Gasteiger partial charge is 0.412 e. The van der Waals surface area contributed by atoms with Gasteiger partial charge in [0.25, 0.3) is 0 Å². The molecule has 0 aliphatic carbocycles. The van der Waals surface area contributed by atoms with Gasteiger partial charge in [0, 0.05) is 77.9 Å². The molecule has 0 radical (unpaired) electrons. The van der Waals surface area contributed by atoms with E-state index in [9.17, 15) is 19.5 Å². The van der Waals surface area contributed by atoms with Crippen LogP contribution in [0.2, 0.25) is 23.2 Å². The number of phenolic OH excluding ortho intramolecular Hbond substituents is 1. The molecular weight excluding hydrogens is 854 g/mol. The number of pyridine rings is 1. The third-order valence-electron chi connectivity index (χ3n) is 12.1. The fraction of sp³-hybridized carbons (Fsp3) is 0.354. The number of anilines is 2. The SMILES string of the molecule is COc1cc(NC(=O)CCN2CCC(OC(=O)Nc3sc4ccccc4c3-c3ccccc3)CC2)c(Cl)cc1CNC[C@H](O[Si](C)(C)C(C)(C)C)c1ccc(O)c2[nH]c(=O)ccc12. The van der Waals surface area contributed by atoms with Crippen LogP contribution in [-0.2, 0) is 20.5 Å². The Morgan fingerprint density at radius 3 is 2.43 bits per heavy atom. The lowest BCUT2D eigenvalue weighted by Gasteiger charge is -2.39. The number of rotatable bonds is 15. The zero-order valence-corrected chi connectivity index (χ0v) is 39.2. The molecule has 6 aromatic rings. The van der Waals surface area contributed by atoms with E-state index in [2.05, 4.69) is 71.8 Å². The van der Waals surface area contributed by atoms with Crippen LogP contribution in [0.1, 0.15) is 57.3 Å². The number of aromatic nitrogens is 1. The summed E-state index contributed by atoms with van der Waals surface area (Å²) in [4.78, 5) is 43.4. The van der Waals surface area contributed by atoms with Crippen LogP contribution in [0.4, 0.5) is 15.5 Å². The minimum Gasteiger partial charge on any atom is -0.506 e. The van der Waals surface area contributed by atoms with Gasteiger partial charge in [0.05, 0.1) is 29.4 Å². The van der Waals surface area contributed by atoms with Crippen LogP contribution in [-0.4, -0.2) is 74.7 Å². The van der Waals surface area contributed by atoms with Crippen molar-refractivity contribution in [2.75, 3.05) is 43.9 Å². The van der Waals surface area contributed by atoms with Gasteiger partial charge < -0.3 is 39.5 Å². The number of hydrogen-bond acceptors (Lipinski definition) is 10. The van der Waals surface area contributed by atoms with Crippen LogP contribution >= 0.6 is 22.9 Å². The van der Waals surface area contributed by atoms with Crippen molar-refractivity contribution in [3.8, 4) is 22.6 Å². The maximum atomic E-state index is 13.2. The van der Waals surface area contributed by atoms with E-state index >= 15 is 0 Å². The Morgan fingerprint density at radius 2 is 1.70 bits per heavy atom. The zero-order valence-electron chi connectivity index (χ0n) is 36.6. The van der Waals surface area contributed by atoms with Crippen molar-refractivity contribution in [2.24, 2.45) is 0 Å². The minimum absolute atomic E-state index is 0.00705. The second-order valence-corrected chi connectivity index (χ2v) is 23.7. The fourth-order valence-corrected chi connectivity index (χ4v) is 10.3. The van der Waals surface area contributed by atoms with Crippen molar-refractivity contribution < 1.29 is 28.6 Å². The van der Waals surface area contributed by atoms with E-state index < -0.39 is 20.5 Å². The minimum atomic E-state index is -2.28. The molecule has 0 spiro atoms. The maximum Gasteiger partial charge on any atom is 0.412 e. The normalized spacial score (nSPS) is 14.5. The first-order chi connectivity index (χ1) is 30.1. The number of piperidine rings is 1. The Bertz CT molecular complexity index is 2640. The van der Waals surface area contributed by atoms with Gasteiger partial charge >= 0.3 is 6.09 Å². The van der Waals surface area contributed by atoms with Gasteiger partial charge in [0.15, 0.2) is 8.32 Å². The molecule has 1 aliphatic heterocycles. The molecule has 1 saturated heterocycles. The third-order valence-corrected chi connectivity index (χ3v) is 18.0. The summed E-state index contributed by atoms with van der Waals surface area (Å²) < 4.78 is 19.7. The zero-order chi connectivity index (χ0) is 44.9. The number of thiophene rings is 1. The molecule has 3 heterocycles. The van der Waals surface area contributed by atoms with Crippen molar-refractivity contribution in [1.29, 1.82) is 0 Å². The molecule has 0 unspecified atom stereocenters. The van der Waals surface area contributed by atoms with Crippen LogP contribution in [0, 0.1) is 0 Å². The van der Waals surface area contributed by atoms with Crippen molar-refractivity contribution in [3.63, 3.8) is 0 Å². The number of amides is 2. The Balaban J connectivity index is 0.912. The first-order valence-corrected chi connectivity index (χ1v) is 25.4. The first-order valence-electron chi connectivity index (χ1n) is 21.3. The molecule has 1 aliphatic rings. The summed E-state index contributed by atoms with van der Waals surface area (Å²) in [6.45, 7) is 13.7. The number of benzene rings is 4. The summed E-state index contributed by atoms with van der Waals surface area (Å²) in [6, 6.07) is 28.3. The highest BCUT2D eigenvalue weighted by atomic mass is 35.5. The molecule has 2 amide bonds. The van der Waals surface area contributed by atoms with Crippen molar-refractivity contribution >= 4 is 74.9 Å². The number of aromatic amines is 1. The van der Waals surface area contributed by atoms with Crippen LogP contribution < -0.4 is 26.2 Å². The lowest BCUT2D eigenvalue weighted by atomic mass is 10.0. The Hall–Kier alpha value is -5.22. The second-order valence-electron chi connectivity index (χ2n) is 17.5. The predicted octanol–water partition coefficient (Wildman–Crippen LogP) is 10.7. The first kappa shape index (κ1) is 45.8. The van der Waals surface area contributed by atoms with Gasteiger partial charge in [-0.1, -0.05) is 87.0 Å². The van der Waals surface area contributed by atoms with Crippen LogP contribution in [0.25, 0.3) is 32.1 Å². The molecule has 1 atom stereocenters.